The van der Waals surface area contributed by atoms with Crippen LogP contribution in [0.25, 0.3) is 0 Å². The van der Waals surface area contributed by atoms with E-state index in [0.717, 1.165) is 0 Å². The van der Waals surface area contributed by atoms with Crippen LogP contribution >= 0.6 is 23.4 Å². The average Bonchev–Trinajstić information content (AvgIpc) is 2.97. The first-order valence-electron chi connectivity index (χ1n) is 8.73. The third kappa shape index (κ3) is 5.13. The number of methoxy groups -OCH3 is 1. The van der Waals surface area contributed by atoms with Gasteiger partial charge in [-0.05, 0) is 24.3 Å². The summed E-state index contributed by atoms with van der Waals surface area (Å²) in [6.07, 6.45) is 0.0589. The predicted molar refractivity (Wildman–Crippen MR) is 113 cm³/mol. The molecule has 0 aromatic heterocycles. The van der Waals surface area contributed by atoms with Crippen molar-refractivity contribution >= 4 is 51.7 Å². The second-order valence-electron chi connectivity index (χ2n) is 6.05. The molecule has 0 spiro atoms. The molecule has 3 rings (SSSR count). The Hall–Kier alpha value is -2.35. The zero-order valence-corrected chi connectivity index (χ0v) is 16.9. The van der Waals surface area contributed by atoms with Crippen LogP contribution in [0, 0.1) is 0 Å². The molecule has 1 saturated heterocycles. The summed E-state index contributed by atoms with van der Waals surface area (Å²) in [5, 5.41) is 3.29. The van der Waals surface area contributed by atoms with E-state index >= 15 is 0 Å². The quantitative estimate of drug-likeness (QED) is 0.740. The zero-order chi connectivity index (χ0) is 19.9. The van der Waals surface area contributed by atoms with Gasteiger partial charge in [0.25, 0.3) is 0 Å². The fourth-order valence-electron chi connectivity index (χ4n) is 2.66. The van der Waals surface area contributed by atoms with Gasteiger partial charge < -0.3 is 10.1 Å². The van der Waals surface area contributed by atoms with Crippen LogP contribution in [0.15, 0.2) is 59.6 Å². The molecule has 6 nitrogen and oxygen atoms in total. The molecule has 0 unspecified atom stereocenters. The molecule has 0 radical (unpaired) electrons. The van der Waals surface area contributed by atoms with E-state index in [2.05, 4.69) is 10.3 Å². The number of carbonyl (C=O) groups excluding carboxylic acids is 2. The highest BCUT2D eigenvalue weighted by Gasteiger charge is 2.39. The second-order valence-corrected chi connectivity index (χ2v) is 7.63. The lowest BCUT2D eigenvalue weighted by Crippen LogP contribution is -2.35. The number of amides is 2. The molecule has 146 valence electrons. The molecule has 1 aliphatic rings. The van der Waals surface area contributed by atoms with Gasteiger partial charge in [-0.2, -0.15) is 0 Å². The fraction of sp³-hybridized carbons (Fsp3) is 0.250. The lowest BCUT2D eigenvalue weighted by Gasteiger charge is -2.16. The topological polar surface area (TPSA) is 71.0 Å². The van der Waals surface area contributed by atoms with Gasteiger partial charge in [0, 0.05) is 19.2 Å². The minimum Gasteiger partial charge on any atom is -0.383 e. The highest BCUT2D eigenvalue weighted by atomic mass is 35.5. The SMILES string of the molecule is COCCN1C(=O)[C@@H](CC(=O)Nc2ccccc2)SC1=Nc1ccccc1Cl. The number of rotatable bonds is 7. The van der Waals surface area contributed by atoms with Crippen molar-refractivity contribution in [2.45, 2.75) is 11.7 Å². The van der Waals surface area contributed by atoms with Crippen molar-refractivity contribution in [3.63, 3.8) is 0 Å². The lowest BCUT2D eigenvalue weighted by atomic mass is 10.2. The highest BCUT2D eigenvalue weighted by molar-refractivity contribution is 8.15. The normalized spacial score (nSPS) is 17.9. The molecule has 2 aromatic rings. The van der Waals surface area contributed by atoms with Crippen molar-refractivity contribution in [1.82, 2.24) is 4.90 Å². The largest absolute Gasteiger partial charge is 0.383 e. The third-order valence-corrected chi connectivity index (χ3v) is 5.53. The van der Waals surface area contributed by atoms with E-state index in [-0.39, 0.29) is 18.2 Å². The standard InChI is InChI=1S/C20H20ClN3O3S/c1-27-12-11-24-19(26)17(13-18(25)22-14-7-3-2-4-8-14)28-20(24)23-16-10-6-5-9-15(16)21/h2-10,17H,11-13H2,1H3,(H,22,25)/t17-/m1/s1. The number of para-hydroxylation sites is 2. The van der Waals surface area contributed by atoms with E-state index in [1.165, 1.54) is 11.8 Å². The number of carbonyl (C=O) groups is 2. The van der Waals surface area contributed by atoms with Crippen LogP contribution in [-0.2, 0) is 14.3 Å². The number of nitrogens with one attached hydrogen (secondary N) is 1. The van der Waals surface area contributed by atoms with Crippen molar-refractivity contribution in [2.24, 2.45) is 4.99 Å². The van der Waals surface area contributed by atoms with Crippen molar-refractivity contribution in [3.8, 4) is 0 Å². The summed E-state index contributed by atoms with van der Waals surface area (Å²) < 4.78 is 5.11. The molecule has 1 heterocycles. The van der Waals surface area contributed by atoms with Crippen molar-refractivity contribution in [3.05, 3.63) is 59.6 Å². The molecule has 8 heteroatoms. The number of nitrogens with zero attached hydrogens (tertiary/aromatic N) is 2. The van der Waals surface area contributed by atoms with Crippen LogP contribution < -0.4 is 5.32 Å². The van der Waals surface area contributed by atoms with E-state index in [9.17, 15) is 9.59 Å². The van der Waals surface area contributed by atoms with E-state index in [4.69, 9.17) is 16.3 Å². The van der Waals surface area contributed by atoms with Gasteiger partial charge in [0.2, 0.25) is 11.8 Å². The number of aliphatic imine (C=N–C) groups is 1. The Balaban J connectivity index is 1.75. The summed E-state index contributed by atoms with van der Waals surface area (Å²) >= 11 is 7.46. The van der Waals surface area contributed by atoms with Crippen LogP contribution in [0.2, 0.25) is 5.02 Å². The van der Waals surface area contributed by atoms with Gasteiger partial charge in [-0.3, -0.25) is 14.5 Å². The maximum absolute atomic E-state index is 12.8. The van der Waals surface area contributed by atoms with Gasteiger partial charge in [-0.1, -0.05) is 53.7 Å². The van der Waals surface area contributed by atoms with Crippen LogP contribution in [0.1, 0.15) is 6.42 Å². The van der Waals surface area contributed by atoms with Crippen LogP contribution in [-0.4, -0.2) is 47.4 Å². The Labute approximate surface area is 172 Å². The summed E-state index contributed by atoms with van der Waals surface area (Å²) in [6.45, 7) is 0.735. The monoisotopic (exact) mass is 417 g/mol. The molecule has 0 bridgehead atoms. The van der Waals surface area contributed by atoms with Gasteiger partial charge >= 0.3 is 0 Å². The van der Waals surface area contributed by atoms with Crippen molar-refractivity contribution < 1.29 is 14.3 Å². The Kier molecular flexibility index (Phi) is 7.08. The third-order valence-electron chi connectivity index (χ3n) is 4.04. The molecule has 0 saturated carbocycles. The van der Waals surface area contributed by atoms with E-state index in [1.807, 2.05) is 30.3 Å². The molecular weight excluding hydrogens is 398 g/mol. The number of thioether (sulfide) groups is 1. The first-order chi connectivity index (χ1) is 13.6. The highest BCUT2D eigenvalue weighted by Crippen LogP contribution is 2.33. The molecule has 1 N–H and O–H groups in total. The number of ether oxygens (including phenoxy) is 1. The first-order valence-corrected chi connectivity index (χ1v) is 9.99. The minimum absolute atomic E-state index is 0.0589. The summed E-state index contributed by atoms with van der Waals surface area (Å²) in [5.74, 6) is -0.376. The Bertz CT molecular complexity index is 876. The number of halogens is 1. The molecule has 1 aliphatic heterocycles. The minimum atomic E-state index is -0.540. The van der Waals surface area contributed by atoms with Crippen molar-refractivity contribution in [2.75, 3.05) is 25.6 Å². The maximum Gasteiger partial charge on any atom is 0.242 e. The van der Waals surface area contributed by atoms with E-state index < -0.39 is 5.25 Å². The van der Waals surface area contributed by atoms with Crippen LogP contribution in [0.5, 0.6) is 0 Å². The molecule has 2 aromatic carbocycles. The number of hydrogen-bond donors (Lipinski definition) is 1. The Morgan fingerprint density at radius 1 is 1.21 bits per heavy atom. The fourth-order valence-corrected chi connectivity index (χ4v) is 4.02. The number of benzene rings is 2. The second kappa shape index (κ2) is 9.73. The van der Waals surface area contributed by atoms with Gasteiger partial charge in [-0.15, -0.1) is 0 Å². The number of amidine groups is 1. The first kappa shape index (κ1) is 20.4. The lowest BCUT2D eigenvalue weighted by molar-refractivity contribution is -0.128. The molecule has 1 atom stereocenters. The van der Waals surface area contributed by atoms with Gasteiger partial charge in [0.1, 0.15) is 5.25 Å². The van der Waals surface area contributed by atoms with E-state index in [1.54, 1.807) is 36.3 Å². The number of anilines is 1. The summed E-state index contributed by atoms with van der Waals surface area (Å²) in [4.78, 5) is 31.3. The molecule has 1 fully saturated rings. The molecular formula is C20H20ClN3O3S. The van der Waals surface area contributed by atoms with Gasteiger partial charge in [0.15, 0.2) is 5.17 Å². The average molecular weight is 418 g/mol. The zero-order valence-electron chi connectivity index (χ0n) is 15.3. The smallest absolute Gasteiger partial charge is 0.242 e. The van der Waals surface area contributed by atoms with Crippen molar-refractivity contribution in [1.29, 1.82) is 0 Å². The Morgan fingerprint density at radius 2 is 1.93 bits per heavy atom. The molecule has 0 aliphatic carbocycles. The predicted octanol–water partition coefficient (Wildman–Crippen LogP) is 3.95. The maximum atomic E-state index is 12.8. The summed E-state index contributed by atoms with van der Waals surface area (Å²) in [5.41, 5.74) is 1.28. The Morgan fingerprint density at radius 3 is 2.64 bits per heavy atom. The van der Waals surface area contributed by atoms with Gasteiger partial charge in [-0.25, -0.2) is 4.99 Å². The molecule has 28 heavy (non-hydrogen) atoms. The van der Waals surface area contributed by atoms with Crippen LogP contribution in [0.4, 0.5) is 11.4 Å². The summed E-state index contributed by atoms with van der Waals surface area (Å²) in [6, 6.07) is 16.3. The van der Waals surface area contributed by atoms with Gasteiger partial charge in [0.05, 0.1) is 23.9 Å². The number of hydrogen-bond acceptors (Lipinski definition) is 5. The summed E-state index contributed by atoms with van der Waals surface area (Å²) in [7, 11) is 1.57. The van der Waals surface area contributed by atoms with E-state index in [0.29, 0.717) is 34.7 Å². The molecule has 2 amide bonds. The van der Waals surface area contributed by atoms with Crippen LogP contribution in [0.3, 0.4) is 0 Å².